The van der Waals surface area contributed by atoms with Crippen molar-refractivity contribution in [2.45, 2.75) is 26.5 Å². The molecule has 0 aliphatic heterocycles. The minimum absolute atomic E-state index is 0.134. The lowest BCUT2D eigenvalue weighted by molar-refractivity contribution is -0.123. The molecule has 0 aromatic heterocycles. The number of benzene rings is 4. The highest BCUT2D eigenvalue weighted by atomic mass is 79.9. The SMILES string of the molecule is CC(C)C(NC(=O)c1ccccc1)C(=O)N/N=C/c1c(OCc2ccc(Br)cc2)ccc2ccccc12. The minimum Gasteiger partial charge on any atom is -0.488 e. The van der Waals surface area contributed by atoms with Gasteiger partial charge in [-0.1, -0.05) is 90.4 Å². The van der Waals surface area contributed by atoms with Gasteiger partial charge in [0.1, 0.15) is 18.4 Å². The Morgan fingerprint density at radius 1 is 0.919 bits per heavy atom. The predicted molar refractivity (Wildman–Crippen MR) is 151 cm³/mol. The molecule has 0 fully saturated rings. The molecule has 0 spiro atoms. The number of ether oxygens (including phenoxy) is 1. The third-order valence-electron chi connectivity index (χ3n) is 5.88. The van der Waals surface area contributed by atoms with Crippen LogP contribution in [0.1, 0.15) is 35.3 Å². The molecule has 6 nitrogen and oxygen atoms in total. The Labute approximate surface area is 224 Å². The number of carbonyl (C=O) groups is 2. The van der Waals surface area contributed by atoms with Crippen molar-refractivity contribution >= 4 is 44.7 Å². The molecule has 0 saturated carbocycles. The number of hydrogen-bond acceptors (Lipinski definition) is 4. The van der Waals surface area contributed by atoms with Gasteiger partial charge in [0.25, 0.3) is 11.8 Å². The minimum atomic E-state index is -0.745. The van der Waals surface area contributed by atoms with Gasteiger partial charge >= 0.3 is 0 Å². The summed E-state index contributed by atoms with van der Waals surface area (Å²) in [6, 6.07) is 27.8. The number of halogens is 1. The lowest BCUT2D eigenvalue weighted by Gasteiger charge is -2.20. The Morgan fingerprint density at radius 2 is 1.62 bits per heavy atom. The number of fused-ring (bicyclic) bond motifs is 1. The van der Waals surface area contributed by atoms with Crippen LogP contribution in [0.5, 0.6) is 5.75 Å². The van der Waals surface area contributed by atoms with Crippen molar-refractivity contribution in [1.29, 1.82) is 0 Å². The van der Waals surface area contributed by atoms with Crippen molar-refractivity contribution in [3.63, 3.8) is 0 Å². The maximum absolute atomic E-state index is 13.0. The second-order valence-electron chi connectivity index (χ2n) is 8.91. The predicted octanol–water partition coefficient (Wildman–Crippen LogP) is 6.09. The van der Waals surface area contributed by atoms with Gasteiger partial charge in [-0.25, -0.2) is 5.43 Å². The second-order valence-corrected chi connectivity index (χ2v) is 9.82. The van der Waals surface area contributed by atoms with Crippen LogP contribution in [-0.4, -0.2) is 24.1 Å². The molecule has 7 heteroatoms. The molecule has 2 N–H and O–H groups in total. The fourth-order valence-corrected chi connectivity index (χ4v) is 4.12. The molecule has 0 aliphatic carbocycles. The standard InChI is InChI=1S/C30H28BrN3O3/c1-20(2)28(33-29(35)23-9-4-3-5-10-23)30(36)34-32-18-26-25-11-7-6-8-22(25)14-17-27(26)37-19-21-12-15-24(31)16-13-21/h3-18,20,28H,19H2,1-2H3,(H,33,35)(H,34,36)/b32-18+. The summed E-state index contributed by atoms with van der Waals surface area (Å²) in [4.78, 5) is 25.6. The quantitative estimate of drug-likeness (QED) is 0.193. The molecule has 0 radical (unpaired) electrons. The van der Waals surface area contributed by atoms with Crippen LogP contribution in [0.25, 0.3) is 10.8 Å². The molecule has 4 aromatic carbocycles. The van der Waals surface area contributed by atoms with Crippen LogP contribution >= 0.6 is 15.9 Å². The zero-order valence-electron chi connectivity index (χ0n) is 20.6. The monoisotopic (exact) mass is 557 g/mol. The normalized spacial score (nSPS) is 12.0. The van der Waals surface area contributed by atoms with Gasteiger partial charge < -0.3 is 10.1 Å². The Bertz CT molecular complexity index is 1400. The summed E-state index contributed by atoms with van der Waals surface area (Å²) in [6.45, 7) is 4.13. The number of rotatable bonds is 9. The van der Waals surface area contributed by atoms with E-state index in [9.17, 15) is 9.59 Å². The number of hydrazone groups is 1. The van der Waals surface area contributed by atoms with E-state index < -0.39 is 11.9 Å². The molecule has 188 valence electrons. The summed E-state index contributed by atoms with van der Waals surface area (Å²) in [5.41, 5.74) is 4.87. The van der Waals surface area contributed by atoms with E-state index in [1.165, 1.54) is 0 Å². The molecule has 1 atom stereocenters. The zero-order chi connectivity index (χ0) is 26.2. The summed E-state index contributed by atoms with van der Waals surface area (Å²) >= 11 is 3.45. The maximum atomic E-state index is 13.0. The highest BCUT2D eigenvalue weighted by Crippen LogP contribution is 2.27. The van der Waals surface area contributed by atoms with Gasteiger partial charge in [-0.05, 0) is 52.6 Å². The first kappa shape index (κ1) is 26.1. The molecule has 0 saturated heterocycles. The van der Waals surface area contributed by atoms with E-state index in [1.54, 1.807) is 30.5 Å². The lowest BCUT2D eigenvalue weighted by atomic mass is 10.0. The van der Waals surface area contributed by atoms with Crippen molar-refractivity contribution in [1.82, 2.24) is 10.7 Å². The van der Waals surface area contributed by atoms with E-state index in [0.717, 1.165) is 26.4 Å². The van der Waals surface area contributed by atoms with Crippen LogP contribution in [0, 0.1) is 5.92 Å². The topological polar surface area (TPSA) is 79.8 Å². The molecular weight excluding hydrogens is 530 g/mol. The number of carbonyl (C=O) groups excluding carboxylic acids is 2. The zero-order valence-corrected chi connectivity index (χ0v) is 22.2. The lowest BCUT2D eigenvalue weighted by Crippen LogP contribution is -2.48. The Balaban J connectivity index is 1.51. The van der Waals surface area contributed by atoms with E-state index in [2.05, 4.69) is 31.8 Å². The number of hydrogen-bond donors (Lipinski definition) is 2. The van der Waals surface area contributed by atoms with Crippen LogP contribution in [0.3, 0.4) is 0 Å². The first-order valence-corrected chi connectivity index (χ1v) is 12.8. The number of nitrogens with zero attached hydrogens (tertiary/aromatic N) is 1. The van der Waals surface area contributed by atoms with Gasteiger partial charge in [-0.15, -0.1) is 0 Å². The first-order valence-electron chi connectivity index (χ1n) is 12.0. The average molecular weight is 558 g/mol. The fraction of sp³-hybridized carbons (Fsp3) is 0.167. The highest BCUT2D eigenvalue weighted by Gasteiger charge is 2.24. The molecule has 0 aliphatic rings. The fourth-order valence-electron chi connectivity index (χ4n) is 3.86. The van der Waals surface area contributed by atoms with Gasteiger partial charge in [0.15, 0.2) is 0 Å². The van der Waals surface area contributed by atoms with E-state index in [1.807, 2.05) is 80.6 Å². The van der Waals surface area contributed by atoms with Gasteiger partial charge in [-0.2, -0.15) is 5.10 Å². The summed E-state index contributed by atoms with van der Waals surface area (Å²) in [5, 5.41) is 9.03. The highest BCUT2D eigenvalue weighted by molar-refractivity contribution is 9.10. The van der Waals surface area contributed by atoms with Crippen LogP contribution in [0.15, 0.2) is 101 Å². The maximum Gasteiger partial charge on any atom is 0.262 e. The number of nitrogens with one attached hydrogen (secondary N) is 2. The smallest absolute Gasteiger partial charge is 0.262 e. The third kappa shape index (κ3) is 6.83. The van der Waals surface area contributed by atoms with Crippen LogP contribution in [0.4, 0.5) is 0 Å². The molecule has 4 rings (SSSR count). The summed E-state index contributed by atoms with van der Waals surface area (Å²) in [6.07, 6.45) is 1.59. The van der Waals surface area contributed by atoms with Gasteiger partial charge in [0, 0.05) is 15.6 Å². The van der Waals surface area contributed by atoms with Crippen LogP contribution in [0.2, 0.25) is 0 Å². The Morgan fingerprint density at radius 3 is 2.35 bits per heavy atom. The molecule has 0 heterocycles. The van der Waals surface area contributed by atoms with E-state index >= 15 is 0 Å². The second kappa shape index (κ2) is 12.3. The van der Waals surface area contributed by atoms with Gasteiger partial charge in [0.05, 0.1) is 6.21 Å². The van der Waals surface area contributed by atoms with Crippen LogP contribution in [-0.2, 0) is 11.4 Å². The molecule has 1 unspecified atom stereocenters. The van der Waals surface area contributed by atoms with Crippen molar-refractivity contribution in [3.8, 4) is 5.75 Å². The molecular formula is C30H28BrN3O3. The molecule has 4 aromatic rings. The Hall–Kier alpha value is -3.97. The van der Waals surface area contributed by atoms with Gasteiger partial charge in [-0.3, -0.25) is 9.59 Å². The summed E-state index contributed by atoms with van der Waals surface area (Å²) in [7, 11) is 0. The van der Waals surface area contributed by atoms with Gasteiger partial charge in [0.2, 0.25) is 0 Å². The third-order valence-corrected chi connectivity index (χ3v) is 6.41. The van der Waals surface area contributed by atoms with Crippen molar-refractivity contribution in [3.05, 3.63) is 112 Å². The van der Waals surface area contributed by atoms with E-state index in [-0.39, 0.29) is 11.8 Å². The molecule has 2 amide bonds. The largest absolute Gasteiger partial charge is 0.488 e. The van der Waals surface area contributed by atoms with Crippen molar-refractivity contribution in [2.24, 2.45) is 11.0 Å². The van der Waals surface area contributed by atoms with Crippen molar-refractivity contribution in [2.75, 3.05) is 0 Å². The number of amides is 2. The van der Waals surface area contributed by atoms with Crippen molar-refractivity contribution < 1.29 is 14.3 Å². The molecule has 37 heavy (non-hydrogen) atoms. The molecule has 0 bridgehead atoms. The average Bonchev–Trinajstić information content (AvgIpc) is 2.92. The Kier molecular flexibility index (Phi) is 8.69. The summed E-state index contributed by atoms with van der Waals surface area (Å²) < 4.78 is 7.14. The van der Waals surface area contributed by atoms with E-state index in [0.29, 0.717) is 17.9 Å². The first-order chi connectivity index (χ1) is 17.9. The van der Waals surface area contributed by atoms with E-state index in [4.69, 9.17) is 4.74 Å². The summed E-state index contributed by atoms with van der Waals surface area (Å²) in [5.74, 6) is -0.188. The van der Waals surface area contributed by atoms with Crippen LogP contribution < -0.4 is 15.5 Å².